The molecule has 0 fully saturated rings. The largest absolute Gasteiger partial charge is 0.493 e. The van der Waals surface area contributed by atoms with Crippen LogP contribution in [0, 0.1) is 0 Å². The smallest absolute Gasteiger partial charge is 0.341 e. The summed E-state index contributed by atoms with van der Waals surface area (Å²) in [6.45, 7) is -0.432. The highest BCUT2D eigenvalue weighted by Crippen LogP contribution is 2.40. The van der Waals surface area contributed by atoms with Crippen molar-refractivity contribution in [1.82, 2.24) is 0 Å². The van der Waals surface area contributed by atoms with E-state index in [1.807, 2.05) is 0 Å². The van der Waals surface area contributed by atoms with Gasteiger partial charge in [-0.05, 0) is 0 Å². The summed E-state index contributed by atoms with van der Waals surface area (Å²) in [5.41, 5.74) is 0. The second-order valence-electron chi connectivity index (χ2n) is 3.04. The number of benzene rings is 1. The Morgan fingerprint density at radius 1 is 1.12 bits per heavy atom. The van der Waals surface area contributed by atoms with Gasteiger partial charge in [-0.25, -0.2) is 4.79 Å². The molecule has 0 saturated carbocycles. The molecule has 17 heavy (non-hydrogen) atoms. The van der Waals surface area contributed by atoms with Gasteiger partial charge in [0.05, 0.1) is 21.3 Å². The second kappa shape index (κ2) is 5.83. The summed E-state index contributed by atoms with van der Waals surface area (Å²) < 4.78 is 20.3. The first-order chi connectivity index (χ1) is 8.12. The molecule has 1 aromatic rings. The molecule has 0 amide bonds. The van der Waals surface area contributed by atoms with Gasteiger partial charge in [0.15, 0.2) is 18.1 Å². The van der Waals surface area contributed by atoms with Gasteiger partial charge in [0.25, 0.3) is 0 Å². The van der Waals surface area contributed by atoms with Gasteiger partial charge in [0, 0.05) is 12.1 Å². The van der Waals surface area contributed by atoms with E-state index in [2.05, 4.69) is 0 Å². The molecule has 0 aromatic heterocycles. The summed E-state index contributed by atoms with van der Waals surface area (Å²) in [4.78, 5) is 10.4. The Balaban J connectivity index is 3.04. The van der Waals surface area contributed by atoms with Crippen molar-refractivity contribution in [3.8, 4) is 23.0 Å². The lowest BCUT2D eigenvalue weighted by atomic mass is 10.2. The number of aliphatic carboxylic acids is 1. The van der Waals surface area contributed by atoms with Crippen molar-refractivity contribution in [2.75, 3.05) is 27.9 Å². The Morgan fingerprint density at radius 3 is 2.00 bits per heavy atom. The topological polar surface area (TPSA) is 74.2 Å². The molecule has 0 aliphatic carbocycles. The number of carboxylic acid groups (broad SMARTS) is 1. The third-order valence-electron chi connectivity index (χ3n) is 2.00. The number of methoxy groups -OCH3 is 3. The number of carbonyl (C=O) groups is 1. The fraction of sp³-hybridized carbons (Fsp3) is 0.364. The Kier molecular flexibility index (Phi) is 4.45. The second-order valence-corrected chi connectivity index (χ2v) is 3.04. The van der Waals surface area contributed by atoms with E-state index in [-0.39, 0.29) is 0 Å². The van der Waals surface area contributed by atoms with Gasteiger partial charge < -0.3 is 24.1 Å². The molecule has 1 N–H and O–H groups in total. The highest BCUT2D eigenvalue weighted by atomic mass is 16.5. The number of hydrogen-bond donors (Lipinski definition) is 1. The van der Waals surface area contributed by atoms with Gasteiger partial charge in [-0.15, -0.1) is 0 Å². The molecule has 6 heteroatoms. The van der Waals surface area contributed by atoms with Crippen LogP contribution in [0.4, 0.5) is 0 Å². The zero-order valence-electron chi connectivity index (χ0n) is 9.85. The maximum absolute atomic E-state index is 10.4. The van der Waals surface area contributed by atoms with Crippen molar-refractivity contribution in [2.24, 2.45) is 0 Å². The molecule has 0 atom stereocenters. The zero-order chi connectivity index (χ0) is 12.8. The summed E-state index contributed by atoms with van der Waals surface area (Å²) in [5, 5.41) is 8.52. The van der Waals surface area contributed by atoms with Gasteiger partial charge in [-0.2, -0.15) is 0 Å². The summed E-state index contributed by atoms with van der Waals surface area (Å²) in [6, 6.07) is 3.06. The predicted octanol–water partition coefficient (Wildman–Crippen LogP) is 1.18. The van der Waals surface area contributed by atoms with Crippen LogP contribution in [0.3, 0.4) is 0 Å². The molecule has 0 unspecified atom stereocenters. The first-order valence-corrected chi connectivity index (χ1v) is 4.77. The normalized spacial score (nSPS) is 9.59. The molecule has 0 aliphatic heterocycles. The van der Waals surface area contributed by atoms with Gasteiger partial charge in [0.2, 0.25) is 5.75 Å². The molecule has 0 radical (unpaired) electrons. The van der Waals surface area contributed by atoms with Crippen LogP contribution in [0.15, 0.2) is 12.1 Å². The Labute approximate surface area is 98.7 Å². The number of ether oxygens (including phenoxy) is 4. The van der Waals surface area contributed by atoms with Crippen LogP contribution in [0.5, 0.6) is 23.0 Å². The maximum Gasteiger partial charge on any atom is 0.341 e. The van der Waals surface area contributed by atoms with Crippen LogP contribution < -0.4 is 18.9 Å². The lowest BCUT2D eigenvalue weighted by Gasteiger charge is -2.13. The van der Waals surface area contributed by atoms with E-state index in [9.17, 15) is 4.79 Å². The molecular formula is C11H14O6. The van der Waals surface area contributed by atoms with Crippen LogP contribution in [-0.2, 0) is 4.79 Å². The minimum absolute atomic E-state index is 0.335. The van der Waals surface area contributed by atoms with Gasteiger partial charge >= 0.3 is 5.97 Å². The van der Waals surface area contributed by atoms with E-state index in [1.54, 1.807) is 0 Å². The molecule has 1 rings (SSSR count). The molecule has 94 valence electrons. The SMILES string of the molecule is COc1cc(OCC(=O)O)cc(OC)c1OC. The standard InChI is InChI=1S/C11H14O6/c1-14-8-4-7(17-6-10(12)13)5-9(15-2)11(8)16-3/h4-5H,6H2,1-3H3,(H,12,13). The van der Waals surface area contributed by atoms with Crippen LogP contribution in [0.2, 0.25) is 0 Å². The van der Waals surface area contributed by atoms with Crippen molar-refractivity contribution in [3.63, 3.8) is 0 Å². The van der Waals surface area contributed by atoms with E-state index in [1.165, 1.54) is 33.5 Å². The van der Waals surface area contributed by atoms with E-state index in [4.69, 9.17) is 24.1 Å². The molecular weight excluding hydrogens is 228 g/mol. The fourth-order valence-corrected chi connectivity index (χ4v) is 1.29. The molecule has 0 saturated heterocycles. The number of carboxylic acids is 1. The Bertz CT molecular complexity index is 376. The minimum Gasteiger partial charge on any atom is -0.493 e. The average Bonchev–Trinajstić information content (AvgIpc) is 2.34. The molecule has 0 aliphatic rings. The molecule has 0 bridgehead atoms. The monoisotopic (exact) mass is 242 g/mol. The van der Waals surface area contributed by atoms with E-state index in [0.29, 0.717) is 23.0 Å². The van der Waals surface area contributed by atoms with Crippen molar-refractivity contribution in [1.29, 1.82) is 0 Å². The lowest BCUT2D eigenvalue weighted by Crippen LogP contribution is -2.09. The highest BCUT2D eigenvalue weighted by molar-refractivity contribution is 5.68. The van der Waals surface area contributed by atoms with E-state index in [0.717, 1.165) is 0 Å². The third-order valence-corrected chi connectivity index (χ3v) is 2.00. The van der Waals surface area contributed by atoms with Crippen LogP contribution in [0.25, 0.3) is 0 Å². The first-order valence-electron chi connectivity index (χ1n) is 4.77. The van der Waals surface area contributed by atoms with Gasteiger partial charge in [-0.3, -0.25) is 0 Å². The molecule has 0 spiro atoms. The summed E-state index contributed by atoms with van der Waals surface area (Å²) >= 11 is 0. The van der Waals surface area contributed by atoms with E-state index >= 15 is 0 Å². The first kappa shape index (κ1) is 13.0. The summed E-state index contributed by atoms with van der Waals surface area (Å²) in [7, 11) is 4.43. The van der Waals surface area contributed by atoms with Gasteiger partial charge in [-0.1, -0.05) is 0 Å². The van der Waals surface area contributed by atoms with Crippen LogP contribution >= 0.6 is 0 Å². The van der Waals surface area contributed by atoms with Crippen molar-refractivity contribution < 1.29 is 28.8 Å². The highest BCUT2D eigenvalue weighted by Gasteiger charge is 2.14. The number of hydrogen-bond acceptors (Lipinski definition) is 5. The number of rotatable bonds is 6. The third kappa shape index (κ3) is 3.17. The quantitative estimate of drug-likeness (QED) is 0.807. The summed E-state index contributed by atoms with van der Waals surface area (Å²) in [6.07, 6.45) is 0. The van der Waals surface area contributed by atoms with Crippen molar-refractivity contribution in [3.05, 3.63) is 12.1 Å². The van der Waals surface area contributed by atoms with Crippen molar-refractivity contribution >= 4 is 5.97 Å². The predicted molar refractivity (Wildman–Crippen MR) is 59.2 cm³/mol. The molecule has 1 aromatic carbocycles. The van der Waals surface area contributed by atoms with Crippen LogP contribution in [0.1, 0.15) is 0 Å². The zero-order valence-corrected chi connectivity index (χ0v) is 9.85. The molecule has 0 heterocycles. The van der Waals surface area contributed by atoms with Gasteiger partial charge in [0.1, 0.15) is 5.75 Å². The van der Waals surface area contributed by atoms with Crippen LogP contribution in [-0.4, -0.2) is 39.0 Å². The maximum atomic E-state index is 10.4. The summed E-state index contributed by atoms with van der Waals surface area (Å²) in [5.74, 6) is 0.526. The lowest BCUT2D eigenvalue weighted by molar-refractivity contribution is -0.139. The van der Waals surface area contributed by atoms with Crippen molar-refractivity contribution in [2.45, 2.75) is 0 Å². The Morgan fingerprint density at radius 2 is 1.65 bits per heavy atom. The molecule has 6 nitrogen and oxygen atoms in total. The minimum atomic E-state index is -1.06. The Hall–Kier alpha value is -2.11. The average molecular weight is 242 g/mol. The fourth-order valence-electron chi connectivity index (χ4n) is 1.29. The van der Waals surface area contributed by atoms with E-state index < -0.39 is 12.6 Å².